The van der Waals surface area contributed by atoms with Gasteiger partial charge in [-0.3, -0.25) is 4.99 Å². The summed E-state index contributed by atoms with van der Waals surface area (Å²) in [7, 11) is 1.89. The molecule has 1 rings (SSSR count). The lowest BCUT2D eigenvalue weighted by molar-refractivity contribution is 0.877. The lowest BCUT2D eigenvalue weighted by Crippen LogP contribution is -2.08. The van der Waals surface area contributed by atoms with Crippen molar-refractivity contribution in [1.82, 2.24) is 5.32 Å². The van der Waals surface area contributed by atoms with Gasteiger partial charge in [0, 0.05) is 24.0 Å². The third-order valence-electron chi connectivity index (χ3n) is 2.42. The number of nitriles is 1. The summed E-state index contributed by atoms with van der Waals surface area (Å²) in [5.41, 5.74) is 3.38. The van der Waals surface area contributed by atoms with Crippen LogP contribution in [0.15, 0.2) is 35.0 Å². The van der Waals surface area contributed by atoms with Crippen LogP contribution >= 0.6 is 11.6 Å². The van der Waals surface area contributed by atoms with Crippen LogP contribution < -0.4 is 5.32 Å². The van der Waals surface area contributed by atoms with E-state index in [2.05, 4.69) is 16.4 Å². The van der Waals surface area contributed by atoms with E-state index in [4.69, 9.17) is 16.9 Å². The van der Waals surface area contributed by atoms with E-state index < -0.39 is 0 Å². The average molecular weight is 262 g/mol. The molecule has 0 aliphatic heterocycles. The van der Waals surface area contributed by atoms with Crippen LogP contribution in [0.25, 0.3) is 0 Å². The SMILES string of the molecule is CNC/C(C)=C/N=C(C)c1ccc(C#N)cc1Cl. The van der Waals surface area contributed by atoms with Gasteiger partial charge < -0.3 is 5.32 Å². The molecule has 0 unspecified atom stereocenters. The Morgan fingerprint density at radius 1 is 1.50 bits per heavy atom. The van der Waals surface area contributed by atoms with Gasteiger partial charge in [-0.2, -0.15) is 5.26 Å². The van der Waals surface area contributed by atoms with E-state index in [1.807, 2.05) is 33.2 Å². The first-order valence-corrected chi connectivity index (χ1v) is 6.01. The highest BCUT2D eigenvalue weighted by Gasteiger charge is 2.04. The Morgan fingerprint density at radius 3 is 2.78 bits per heavy atom. The summed E-state index contributed by atoms with van der Waals surface area (Å²) in [6, 6.07) is 7.27. The Hall–Kier alpha value is -1.63. The number of aliphatic imine (C=N–C) groups is 1. The third kappa shape index (κ3) is 3.99. The number of benzene rings is 1. The first-order chi connectivity index (χ1) is 8.58. The second-order valence-electron chi connectivity index (χ2n) is 4.03. The summed E-state index contributed by atoms with van der Waals surface area (Å²) in [6.45, 7) is 4.71. The number of likely N-dealkylation sites (N-methyl/N-ethyl adjacent to an activating group) is 1. The van der Waals surface area contributed by atoms with E-state index in [9.17, 15) is 0 Å². The maximum absolute atomic E-state index is 8.77. The van der Waals surface area contributed by atoms with Crippen LogP contribution in [0.3, 0.4) is 0 Å². The first-order valence-electron chi connectivity index (χ1n) is 5.63. The monoisotopic (exact) mass is 261 g/mol. The fourth-order valence-corrected chi connectivity index (χ4v) is 1.80. The predicted molar refractivity (Wildman–Crippen MR) is 76.1 cm³/mol. The number of rotatable bonds is 4. The highest BCUT2D eigenvalue weighted by Crippen LogP contribution is 2.18. The van der Waals surface area contributed by atoms with Crippen molar-refractivity contribution in [3.63, 3.8) is 0 Å². The van der Waals surface area contributed by atoms with Crippen molar-refractivity contribution in [2.45, 2.75) is 13.8 Å². The van der Waals surface area contributed by atoms with Crippen LogP contribution in [0.1, 0.15) is 25.0 Å². The van der Waals surface area contributed by atoms with Gasteiger partial charge in [0.2, 0.25) is 0 Å². The average Bonchev–Trinajstić information content (AvgIpc) is 2.36. The molecule has 1 N–H and O–H groups in total. The minimum atomic E-state index is 0.551. The summed E-state index contributed by atoms with van der Waals surface area (Å²) < 4.78 is 0. The Morgan fingerprint density at radius 2 is 2.22 bits per heavy atom. The van der Waals surface area contributed by atoms with Gasteiger partial charge in [0.1, 0.15) is 0 Å². The van der Waals surface area contributed by atoms with Gasteiger partial charge >= 0.3 is 0 Å². The molecule has 18 heavy (non-hydrogen) atoms. The molecule has 1 aromatic carbocycles. The van der Waals surface area contributed by atoms with E-state index in [1.165, 1.54) is 0 Å². The summed E-state index contributed by atoms with van der Waals surface area (Å²) in [5.74, 6) is 0. The van der Waals surface area contributed by atoms with Crippen molar-refractivity contribution >= 4 is 17.3 Å². The lowest BCUT2D eigenvalue weighted by atomic mass is 10.1. The summed E-state index contributed by atoms with van der Waals surface area (Å²) in [4.78, 5) is 4.38. The zero-order valence-corrected chi connectivity index (χ0v) is 11.5. The number of hydrogen-bond donors (Lipinski definition) is 1. The molecule has 0 atom stereocenters. The lowest BCUT2D eigenvalue weighted by Gasteiger charge is -2.03. The molecular weight excluding hydrogens is 246 g/mol. The fraction of sp³-hybridized carbons (Fsp3) is 0.286. The maximum atomic E-state index is 8.77. The van der Waals surface area contributed by atoms with Gasteiger partial charge in [0.25, 0.3) is 0 Å². The maximum Gasteiger partial charge on any atom is 0.0992 e. The molecule has 0 fully saturated rings. The van der Waals surface area contributed by atoms with Crippen LogP contribution in [0.5, 0.6) is 0 Å². The van der Waals surface area contributed by atoms with Gasteiger partial charge in [-0.1, -0.05) is 17.7 Å². The highest BCUT2D eigenvalue weighted by molar-refractivity contribution is 6.34. The largest absolute Gasteiger partial charge is 0.316 e. The molecule has 0 saturated heterocycles. The van der Waals surface area contributed by atoms with Crippen molar-refractivity contribution in [2.24, 2.45) is 4.99 Å². The molecule has 0 radical (unpaired) electrons. The molecule has 0 aliphatic carbocycles. The van der Waals surface area contributed by atoms with Gasteiger partial charge in [0.15, 0.2) is 0 Å². The molecule has 0 aromatic heterocycles. The number of nitrogens with zero attached hydrogens (tertiary/aromatic N) is 2. The predicted octanol–water partition coefficient (Wildman–Crippen LogP) is 3.14. The van der Waals surface area contributed by atoms with Crippen molar-refractivity contribution < 1.29 is 0 Å². The molecule has 1 aromatic rings. The molecule has 3 nitrogen and oxygen atoms in total. The van der Waals surface area contributed by atoms with Crippen molar-refractivity contribution in [3.05, 3.63) is 46.1 Å². The first kappa shape index (κ1) is 14.4. The molecule has 0 saturated carbocycles. The minimum Gasteiger partial charge on any atom is -0.316 e. The second kappa shape index (κ2) is 6.95. The molecule has 0 amide bonds. The van der Waals surface area contributed by atoms with Gasteiger partial charge in [0.05, 0.1) is 16.7 Å². The number of nitrogens with one attached hydrogen (secondary N) is 1. The Bertz CT molecular complexity index is 524. The van der Waals surface area contributed by atoms with Gasteiger partial charge in [-0.25, -0.2) is 0 Å². The van der Waals surface area contributed by atoms with Gasteiger partial charge in [-0.05, 0) is 38.6 Å². The zero-order chi connectivity index (χ0) is 13.5. The molecule has 0 aliphatic rings. The normalized spacial score (nSPS) is 12.4. The second-order valence-corrected chi connectivity index (χ2v) is 4.43. The van der Waals surface area contributed by atoms with E-state index in [0.717, 1.165) is 23.4 Å². The topological polar surface area (TPSA) is 48.2 Å². The van der Waals surface area contributed by atoms with Crippen molar-refractivity contribution in [1.29, 1.82) is 5.26 Å². The molecular formula is C14H16ClN3. The Balaban J connectivity index is 2.97. The van der Waals surface area contributed by atoms with Crippen molar-refractivity contribution in [3.8, 4) is 6.07 Å². The van der Waals surface area contributed by atoms with Crippen LogP contribution in [0.2, 0.25) is 5.02 Å². The van der Waals surface area contributed by atoms with Crippen LogP contribution in [0, 0.1) is 11.3 Å². The summed E-state index contributed by atoms with van der Waals surface area (Å²) >= 11 is 6.11. The Labute approximate surface area is 113 Å². The van der Waals surface area contributed by atoms with Crippen LogP contribution in [-0.2, 0) is 0 Å². The van der Waals surface area contributed by atoms with E-state index in [1.54, 1.807) is 12.1 Å². The van der Waals surface area contributed by atoms with Crippen molar-refractivity contribution in [2.75, 3.05) is 13.6 Å². The molecule has 0 heterocycles. The van der Waals surface area contributed by atoms with Gasteiger partial charge in [-0.15, -0.1) is 0 Å². The smallest absolute Gasteiger partial charge is 0.0992 e. The van der Waals surface area contributed by atoms with E-state index in [0.29, 0.717) is 10.6 Å². The number of hydrogen-bond acceptors (Lipinski definition) is 3. The molecule has 0 bridgehead atoms. The minimum absolute atomic E-state index is 0.551. The summed E-state index contributed by atoms with van der Waals surface area (Å²) in [6.07, 6.45) is 1.82. The molecule has 4 heteroatoms. The molecule has 94 valence electrons. The standard InChI is InChI=1S/C14H16ClN3/c1-10(8-17-3)9-18-11(2)13-5-4-12(7-16)6-14(13)15/h4-6,9,17H,8H2,1-3H3/b10-9+,18-11?. The Kier molecular flexibility index (Phi) is 5.57. The van der Waals surface area contributed by atoms with Crippen LogP contribution in [-0.4, -0.2) is 19.3 Å². The van der Waals surface area contributed by atoms with E-state index >= 15 is 0 Å². The fourth-order valence-electron chi connectivity index (χ4n) is 1.48. The van der Waals surface area contributed by atoms with Crippen LogP contribution in [0.4, 0.5) is 0 Å². The molecule has 0 spiro atoms. The number of halogens is 1. The zero-order valence-electron chi connectivity index (χ0n) is 10.8. The summed E-state index contributed by atoms with van der Waals surface area (Å²) in [5, 5.41) is 12.4. The quantitative estimate of drug-likeness (QED) is 0.847. The third-order valence-corrected chi connectivity index (χ3v) is 2.73. The van der Waals surface area contributed by atoms with E-state index in [-0.39, 0.29) is 0 Å². The highest BCUT2D eigenvalue weighted by atomic mass is 35.5.